The van der Waals surface area contributed by atoms with Gasteiger partial charge in [0.25, 0.3) is 0 Å². The zero-order chi connectivity index (χ0) is 14.8. The number of anilines is 1. The summed E-state index contributed by atoms with van der Waals surface area (Å²) in [5.41, 5.74) is 6.19. The Morgan fingerprint density at radius 1 is 1.05 bits per heavy atom. The van der Waals surface area contributed by atoms with E-state index in [1.165, 1.54) is 0 Å². The summed E-state index contributed by atoms with van der Waals surface area (Å²) in [5.74, 6) is -0.525. The Kier molecular flexibility index (Phi) is 6.95. The summed E-state index contributed by atoms with van der Waals surface area (Å²) in [5, 5.41) is 8.44. The number of carbonyl (C=O) groups excluding carboxylic acids is 1. The molecule has 110 valence electrons. The molecule has 20 heavy (non-hydrogen) atoms. The number of esters is 1. The third-order valence-electron chi connectivity index (χ3n) is 2.52. The minimum absolute atomic E-state index is 0.0769. The SMILES string of the molecule is Nc1ccc(OCCOC(=O)CCCCC(=O)O)cc1. The summed E-state index contributed by atoms with van der Waals surface area (Å²) in [4.78, 5) is 21.6. The summed E-state index contributed by atoms with van der Waals surface area (Å²) in [7, 11) is 0. The van der Waals surface area contributed by atoms with Crippen molar-refractivity contribution in [2.24, 2.45) is 0 Å². The number of nitrogens with two attached hydrogens (primary N) is 1. The second-order valence-electron chi connectivity index (χ2n) is 4.24. The molecule has 0 spiro atoms. The molecule has 0 fully saturated rings. The smallest absolute Gasteiger partial charge is 0.305 e. The van der Waals surface area contributed by atoms with Crippen LogP contribution in [0.4, 0.5) is 5.69 Å². The van der Waals surface area contributed by atoms with Crippen LogP contribution in [0.25, 0.3) is 0 Å². The Bertz CT molecular complexity index is 430. The lowest BCUT2D eigenvalue weighted by molar-refractivity contribution is -0.145. The summed E-state index contributed by atoms with van der Waals surface area (Å²) >= 11 is 0. The molecule has 0 aliphatic carbocycles. The van der Waals surface area contributed by atoms with Crippen LogP contribution < -0.4 is 10.5 Å². The number of unbranched alkanes of at least 4 members (excludes halogenated alkanes) is 1. The van der Waals surface area contributed by atoms with E-state index in [1.807, 2.05) is 0 Å². The maximum atomic E-state index is 11.3. The van der Waals surface area contributed by atoms with Gasteiger partial charge in [-0.2, -0.15) is 0 Å². The summed E-state index contributed by atoms with van der Waals surface area (Å²) < 4.78 is 10.3. The molecular weight excluding hydrogens is 262 g/mol. The molecule has 1 aromatic rings. The Morgan fingerprint density at radius 3 is 2.35 bits per heavy atom. The Morgan fingerprint density at radius 2 is 1.70 bits per heavy atom. The molecule has 0 saturated carbocycles. The van der Waals surface area contributed by atoms with Crippen LogP contribution in [0.1, 0.15) is 25.7 Å². The van der Waals surface area contributed by atoms with Crippen LogP contribution in [-0.4, -0.2) is 30.3 Å². The second kappa shape index (κ2) is 8.79. The van der Waals surface area contributed by atoms with Crippen molar-refractivity contribution in [1.29, 1.82) is 0 Å². The first-order valence-electron chi connectivity index (χ1n) is 6.43. The van der Waals surface area contributed by atoms with Gasteiger partial charge in [-0.1, -0.05) is 0 Å². The first-order chi connectivity index (χ1) is 9.58. The third kappa shape index (κ3) is 7.25. The van der Waals surface area contributed by atoms with Crippen LogP contribution in [0, 0.1) is 0 Å². The maximum Gasteiger partial charge on any atom is 0.305 e. The molecule has 0 heterocycles. The lowest BCUT2D eigenvalue weighted by Crippen LogP contribution is -2.12. The lowest BCUT2D eigenvalue weighted by Gasteiger charge is -2.07. The highest BCUT2D eigenvalue weighted by Crippen LogP contribution is 2.12. The monoisotopic (exact) mass is 281 g/mol. The van der Waals surface area contributed by atoms with E-state index in [4.69, 9.17) is 20.3 Å². The van der Waals surface area contributed by atoms with Gasteiger partial charge in [-0.05, 0) is 37.1 Å². The molecule has 6 nitrogen and oxygen atoms in total. The number of hydrogen-bond donors (Lipinski definition) is 2. The van der Waals surface area contributed by atoms with E-state index >= 15 is 0 Å². The Hall–Kier alpha value is -2.24. The number of rotatable bonds is 9. The van der Waals surface area contributed by atoms with Gasteiger partial charge in [0.2, 0.25) is 0 Å². The number of carboxylic acid groups (broad SMARTS) is 1. The fourth-order valence-corrected chi connectivity index (χ4v) is 1.50. The number of hydrogen-bond acceptors (Lipinski definition) is 5. The molecular formula is C14H19NO5. The van der Waals surface area contributed by atoms with Gasteiger partial charge in [0, 0.05) is 18.5 Å². The van der Waals surface area contributed by atoms with Gasteiger partial charge in [-0.25, -0.2) is 0 Å². The topological polar surface area (TPSA) is 98.9 Å². The van der Waals surface area contributed by atoms with Gasteiger partial charge in [-0.3, -0.25) is 9.59 Å². The molecule has 0 bridgehead atoms. The normalized spacial score (nSPS) is 10.0. The highest BCUT2D eigenvalue weighted by Gasteiger charge is 2.04. The molecule has 0 radical (unpaired) electrons. The van der Waals surface area contributed by atoms with E-state index in [0.717, 1.165) is 0 Å². The van der Waals surface area contributed by atoms with E-state index in [-0.39, 0.29) is 32.0 Å². The largest absolute Gasteiger partial charge is 0.490 e. The van der Waals surface area contributed by atoms with Crippen molar-refractivity contribution in [1.82, 2.24) is 0 Å². The van der Waals surface area contributed by atoms with E-state index < -0.39 is 5.97 Å². The predicted octanol–water partition coefficient (Wildman–Crippen LogP) is 1.84. The molecule has 1 aromatic carbocycles. The summed E-state index contributed by atoms with van der Waals surface area (Å²) in [6.07, 6.45) is 1.30. The summed E-state index contributed by atoms with van der Waals surface area (Å²) in [6.45, 7) is 0.437. The molecule has 0 aliphatic heterocycles. The van der Waals surface area contributed by atoms with Crippen LogP contribution in [0.5, 0.6) is 5.75 Å². The predicted molar refractivity (Wildman–Crippen MR) is 73.4 cm³/mol. The van der Waals surface area contributed by atoms with Crippen LogP contribution in [-0.2, 0) is 14.3 Å². The van der Waals surface area contributed by atoms with Crippen molar-refractivity contribution in [3.8, 4) is 5.75 Å². The first kappa shape index (κ1) is 15.8. The Labute approximate surface area is 117 Å². The number of benzene rings is 1. The van der Waals surface area contributed by atoms with E-state index in [9.17, 15) is 9.59 Å². The van der Waals surface area contributed by atoms with E-state index in [1.54, 1.807) is 24.3 Å². The van der Waals surface area contributed by atoms with Crippen molar-refractivity contribution < 1.29 is 24.2 Å². The van der Waals surface area contributed by atoms with Crippen molar-refractivity contribution in [2.75, 3.05) is 18.9 Å². The molecule has 0 aromatic heterocycles. The van der Waals surface area contributed by atoms with Crippen molar-refractivity contribution in [2.45, 2.75) is 25.7 Å². The van der Waals surface area contributed by atoms with Crippen molar-refractivity contribution in [3.63, 3.8) is 0 Å². The van der Waals surface area contributed by atoms with Gasteiger partial charge in [0.1, 0.15) is 19.0 Å². The number of carbonyl (C=O) groups is 2. The molecule has 6 heteroatoms. The summed E-state index contributed by atoms with van der Waals surface area (Å²) in [6, 6.07) is 6.93. The average molecular weight is 281 g/mol. The maximum absolute atomic E-state index is 11.3. The zero-order valence-corrected chi connectivity index (χ0v) is 11.2. The molecule has 0 aliphatic rings. The van der Waals surface area contributed by atoms with Crippen LogP contribution in [0.2, 0.25) is 0 Å². The highest BCUT2D eigenvalue weighted by atomic mass is 16.6. The van der Waals surface area contributed by atoms with E-state index in [2.05, 4.69) is 0 Å². The van der Waals surface area contributed by atoms with Crippen molar-refractivity contribution in [3.05, 3.63) is 24.3 Å². The number of aliphatic carboxylic acids is 1. The number of nitrogen functional groups attached to an aromatic ring is 1. The minimum atomic E-state index is -0.852. The van der Waals surface area contributed by atoms with Crippen molar-refractivity contribution >= 4 is 17.6 Å². The van der Waals surface area contributed by atoms with Crippen LogP contribution in [0.15, 0.2) is 24.3 Å². The molecule has 1 rings (SSSR count). The quantitative estimate of drug-likeness (QED) is 0.407. The third-order valence-corrected chi connectivity index (χ3v) is 2.52. The standard InChI is InChI=1S/C14H19NO5/c15-11-5-7-12(8-6-11)19-9-10-20-14(18)4-2-1-3-13(16)17/h5-8H,1-4,9-10,15H2,(H,16,17). The van der Waals surface area contributed by atoms with E-state index in [0.29, 0.717) is 24.3 Å². The fourth-order valence-electron chi connectivity index (χ4n) is 1.50. The van der Waals surface area contributed by atoms with Gasteiger partial charge >= 0.3 is 11.9 Å². The van der Waals surface area contributed by atoms with Gasteiger partial charge in [-0.15, -0.1) is 0 Å². The zero-order valence-electron chi connectivity index (χ0n) is 11.2. The molecule has 0 amide bonds. The average Bonchev–Trinajstić information content (AvgIpc) is 2.41. The van der Waals surface area contributed by atoms with Crippen LogP contribution >= 0.6 is 0 Å². The number of carboxylic acids is 1. The number of ether oxygens (including phenoxy) is 2. The lowest BCUT2D eigenvalue weighted by atomic mass is 10.2. The molecule has 0 atom stereocenters. The Balaban J connectivity index is 2.04. The molecule has 0 unspecified atom stereocenters. The van der Waals surface area contributed by atoms with Gasteiger partial charge in [0.05, 0.1) is 0 Å². The second-order valence-corrected chi connectivity index (χ2v) is 4.24. The van der Waals surface area contributed by atoms with Gasteiger partial charge < -0.3 is 20.3 Å². The molecule has 0 saturated heterocycles. The van der Waals surface area contributed by atoms with Crippen LogP contribution in [0.3, 0.4) is 0 Å². The first-order valence-corrected chi connectivity index (χ1v) is 6.43. The van der Waals surface area contributed by atoms with Gasteiger partial charge in [0.15, 0.2) is 0 Å². The molecule has 3 N–H and O–H groups in total. The minimum Gasteiger partial charge on any atom is -0.490 e. The fraction of sp³-hybridized carbons (Fsp3) is 0.429. The highest BCUT2D eigenvalue weighted by molar-refractivity contribution is 5.69.